The third-order valence-corrected chi connectivity index (χ3v) is 5.78. The van der Waals surface area contributed by atoms with Crippen molar-refractivity contribution >= 4 is 22.8 Å². The van der Waals surface area contributed by atoms with E-state index in [4.69, 9.17) is 0 Å². The Balaban J connectivity index is 1.67. The van der Waals surface area contributed by atoms with Crippen molar-refractivity contribution in [3.63, 3.8) is 0 Å². The van der Waals surface area contributed by atoms with Crippen LogP contribution in [0.2, 0.25) is 0 Å². The van der Waals surface area contributed by atoms with E-state index in [1.807, 2.05) is 19.2 Å². The zero-order valence-electron chi connectivity index (χ0n) is 15.1. The fourth-order valence-corrected chi connectivity index (χ4v) is 4.26. The molecule has 2 aliphatic heterocycles. The van der Waals surface area contributed by atoms with Gasteiger partial charge in [-0.3, -0.25) is 14.4 Å². The van der Waals surface area contributed by atoms with Crippen molar-refractivity contribution in [3.8, 4) is 0 Å². The molecular weight excluding hydrogens is 332 g/mol. The number of aromatic nitrogens is 2. The van der Waals surface area contributed by atoms with Gasteiger partial charge in [0.25, 0.3) is 11.5 Å². The van der Waals surface area contributed by atoms with E-state index in [2.05, 4.69) is 4.98 Å². The highest BCUT2D eigenvalue weighted by Gasteiger charge is 2.49. The van der Waals surface area contributed by atoms with Crippen LogP contribution >= 0.6 is 0 Å². The Kier molecular flexibility index (Phi) is 3.82. The molecule has 2 fully saturated rings. The molecule has 1 atom stereocenters. The van der Waals surface area contributed by atoms with E-state index in [0.717, 1.165) is 19.4 Å². The Morgan fingerprint density at radius 3 is 2.69 bits per heavy atom. The highest BCUT2D eigenvalue weighted by atomic mass is 16.2. The summed E-state index contributed by atoms with van der Waals surface area (Å²) >= 11 is 0. The Morgan fingerprint density at radius 2 is 1.88 bits per heavy atom. The SMILES string of the molecule is CN1CCC[C@]2(CCN(C(=O)c3nc4ccccc4n(C)c3=O)C2)C1=O. The molecule has 0 unspecified atom stereocenters. The van der Waals surface area contributed by atoms with Crippen molar-refractivity contribution in [2.75, 3.05) is 26.7 Å². The van der Waals surface area contributed by atoms with E-state index < -0.39 is 11.0 Å². The van der Waals surface area contributed by atoms with Crippen LogP contribution in [0.4, 0.5) is 0 Å². The van der Waals surface area contributed by atoms with Crippen LogP contribution in [0.15, 0.2) is 29.1 Å². The Bertz CT molecular complexity index is 967. The second-order valence-electron chi connectivity index (χ2n) is 7.40. The van der Waals surface area contributed by atoms with Gasteiger partial charge in [0.05, 0.1) is 16.4 Å². The van der Waals surface area contributed by atoms with Gasteiger partial charge in [-0.15, -0.1) is 0 Å². The average molecular weight is 354 g/mol. The maximum absolute atomic E-state index is 13.0. The highest BCUT2D eigenvalue weighted by molar-refractivity contribution is 5.95. The van der Waals surface area contributed by atoms with E-state index in [1.165, 1.54) is 4.57 Å². The smallest absolute Gasteiger partial charge is 0.282 e. The van der Waals surface area contributed by atoms with Gasteiger partial charge < -0.3 is 14.4 Å². The van der Waals surface area contributed by atoms with Gasteiger partial charge in [-0.25, -0.2) is 4.98 Å². The Hall–Kier alpha value is -2.70. The number of hydrogen-bond acceptors (Lipinski definition) is 4. The molecule has 3 heterocycles. The molecule has 2 aromatic rings. The lowest BCUT2D eigenvalue weighted by molar-refractivity contribution is -0.143. The van der Waals surface area contributed by atoms with Gasteiger partial charge in [-0.1, -0.05) is 12.1 Å². The summed E-state index contributed by atoms with van der Waals surface area (Å²) in [5, 5.41) is 0. The van der Waals surface area contributed by atoms with Gasteiger partial charge in [-0.2, -0.15) is 0 Å². The van der Waals surface area contributed by atoms with Crippen LogP contribution in [0.3, 0.4) is 0 Å². The summed E-state index contributed by atoms with van der Waals surface area (Å²) in [4.78, 5) is 46.0. The van der Waals surface area contributed by atoms with Gasteiger partial charge in [0, 0.05) is 33.7 Å². The summed E-state index contributed by atoms with van der Waals surface area (Å²) in [5.74, 6) is -0.271. The minimum atomic E-state index is -0.495. The van der Waals surface area contributed by atoms with Gasteiger partial charge in [0.2, 0.25) is 5.91 Å². The number of nitrogens with zero attached hydrogens (tertiary/aromatic N) is 4. The lowest BCUT2D eigenvalue weighted by Crippen LogP contribution is -2.49. The van der Waals surface area contributed by atoms with Crippen molar-refractivity contribution in [3.05, 3.63) is 40.3 Å². The standard InChI is InChI=1S/C19H22N4O3/c1-21-10-5-8-19(18(21)26)9-11-23(12-19)17(25)15-16(24)22(2)14-7-4-3-6-13(14)20-15/h3-4,6-7H,5,8-12H2,1-2H3/t19-/m1/s1. The largest absolute Gasteiger partial charge is 0.345 e. The molecule has 0 saturated carbocycles. The fraction of sp³-hybridized carbons (Fsp3) is 0.474. The molecule has 1 aromatic heterocycles. The van der Waals surface area contributed by atoms with Gasteiger partial charge in [-0.05, 0) is 31.4 Å². The monoisotopic (exact) mass is 354 g/mol. The molecule has 136 valence electrons. The first-order valence-electron chi connectivity index (χ1n) is 8.94. The molecule has 0 aliphatic carbocycles. The summed E-state index contributed by atoms with van der Waals surface area (Å²) in [6.07, 6.45) is 2.39. The molecule has 26 heavy (non-hydrogen) atoms. The number of piperidine rings is 1. The molecule has 2 aliphatic rings. The van der Waals surface area contributed by atoms with Gasteiger partial charge in [0.1, 0.15) is 0 Å². The van der Waals surface area contributed by atoms with Crippen molar-refractivity contribution in [2.24, 2.45) is 12.5 Å². The predicted molar refractivity (Wildman–Crippen MR) is 96.8 cm³/mol. The number of para-hydroxylation sites is 2. The van der Waals surface area contributed by atoms with Crippen LogP contribution in [0.1, 0.15) is 29.8 Å². The summed E-state index contributed by atoms with van der Waals surface area (Å²) in [6.45, 7) is 1.62. The average Bonchev–Trinajstić information content (AvgIpc) is 3.07. The second-order valence-corrected chi connectivity index (χ2v) is 7.40. The summed E-state index contributed by atoms with van der Waals surface area (Å²) in [6, 6.07) is 7.26. The molecule has 0 bridgehead atoms. The van der Waals surface area contributed by atoms with Crippen LogP contribution in [-0.4, -0.2) is 57.8 Å². The summed E-state index contributed by atoms with van der Waals surface area (Å²) < 4.78 is 1.46. The lowest BCUT2D eigenvalue weighted by Gasteiger charge is -2.37. The molecule has 7 heteroatoms. The minimum absolute atomic E-state index is 0.0696. The second kappa shape index (κ2) is 5.93. The molecule has 2 saturated heterocycles. The number of carbonyl (C=O) groups excluding carboxylic acids is 2. The fourth-order valence-electron chi connectivity index (χ4n) is 4.26. The first-order chi connectivity index (χ1) is 12.4. The quantitative estimate of drug-likeness (QED) is 0.766. The molecule has 1 aromatic carbocycles. The Morgan fingerprint density at radius 1 is 1.12 bits per heavy atom. The van der Waals surface area contributed by atoms with Crippen LogP contribution in [0, 0.1) is 5.41 Å². The molecule has 4 rings (SSSR count). The van der Waals surface area contributed by atoms with Crippen molar-refractivity contribution < 1.29 is 9.59 Å². The zero-order chi connectivity index (χ0) is 18.5. The van der Waals surface area contributed by atoms with Gasteiger partial charge >= 0.3 is 0 Å². The maximum atomic E-state index is 13.0. The van der Waals surface area contributed by atoms with E-state index in [9.17, 15) is 14.4 Å². The lowest BCUT2D eigenvalue weighted by atomic mass is 9.78. The number of aryl methyl sites for hydroxylation is 1. The predicted octanol–water partition coefficient (Wildman–Crippen LogP) is 1.02. The number of hydrogen-bond donors (Lipinski definition) is 0. The summed E-state index contributed by atoms with van der Waals surface area (Å²) in [5.41, 5.74) is 0.336. The molecule has 0 radical (unpaired) electrons. The van der Waals surface area contributed by atoms with E-state index in [0.29, 0.717) is 30.5 Å². The highest BCUT2D eigenvalue weighted by Crippen LogP contribution is 2.39. The van der Waals surface area contributed by atoms with Crippen LogP contribution in [-0.2, 0) is 11.8 Å². The van der Waals surface area contributed by atoms with E-state index in [1.54, 1.807) is 29.0 Å². The number of rotatable bonds is 1. The number of carbonyl (C=O) groups is 2. The van der Waals surface area contributed by atoms with Crippen molar-refractivity contribution in [1.29, 1.82) is 0 Å². The number of benzene rings is 1. The minimum Gasteiger partial charge on any atom is -0.345 e. The van der Waals surface area contributed by atoms with Crippen molar-refractivity contribution in [1.82, 2.24) is 19.4 Å². The topological polar surface area (TPSA) is 75.5 Å². The first kappa shape index (κ1) is 16.8. The Labute approximate surface area is 151 Å². The molecule has 1 spiro atoms. The number of amides is 2. The first-order valence-corrected chi connectivity index (χ1v) is 8.94. The van der Waals surface area contributed by atoms with Crippen LogP contribution in [0.25, 0.3) is 11.0 Å². The number of fused-ring (bicyclic) bond motifs is 1. The third-order valence-electron chi connectivity index (χ3n) is 5.78. The van der Waals surface area contributed by atoms with Crippen LogP contribution in [0.5, 0.6) is 0 Å². The molecule has 2 amide bonds. The normalized spacial score (nSPS) is 23.2. The molecular formula is C19H22N4O3. The number of likely N-dealkylation sites (tertiary alicyclic amines) is 2. The maximum Gasteiger partial charge on any atom is 0.282 e. The van der Waals surface area contributed by atoms with E-state index >= 15 is 0 Å². The molecule has 0 N–H and O–H groups in total. The van der Waals surface area contributed by atoms with Crippen LogP contribution < -0.4 is 5.56 Å². The van der Waals surface area contributed by atoms with Crippen molar-refractivity contribution in [2.45, 2.75) is 19.3 Å². The van der Waals surface area contributed by atoms with Gasteiger partial charge in [0.15, 0.2) is 5.69 Å². The third kappa shape index (κ3) is 2.41. The summed E-state index contributed by atoms with van der Waals surface area (Å²) in [7, 11) is 3.46. The van der Waals surface area contributed by atoms with E-state index in [-0.39, 0.29) is 17.5 Å². The zero-order valence-corrected chi connectivity index (χ0v) is 15.1. The molecule has 7 nitrogen and oxygen atoms in total.